The zero-order valence-electron chi connectivity index (χ0n) is 15.6. The second-order valence-electron chi connectivity index (χ2n) is 7.01. The maximum atomic E-state index is 13.0. The molecule has 156 valence electrons. The van der Waals surface area contributed by atoms with Crippen molar-refractivity contribution in [2.75, 3.05) is 0 Å². The van der Waals surface area contributed by atoms with E-state index in [1.807, 2.05) is 11.5 Å². The maximum Gasteiger partial charge on any atom is 0.416 e. The van der Waals surface area contributed by atoms with Crippen molar-refractivity contribution in [2.24, 2.45) is 0 Å². The molecule has 3 aromatic rings. The van der Waals surface area contributed by atoms with Crippen molar-refractivity contribution in [1.29, 1.82) is 0 Å². The first-order valence-corrected chi connectivity index (χ1v) is 9.77. The van der Waals surface area contributed by atoms with Gasteiger partial charge in [0.05, 0.1) is 27.7 Å². The molecular formula is C20H15Cl2F3N4O. The van der Waals surface area contributed by atoms with Crippen molar-refractivity contribution < 1.29 is 18.0 Å². The quantitative estimate of drug-likeness (QED) is 0.526. The molecule has 2 aromatic carbocycles. The molecule has 0 saturated carbocycles. The molecule has 1 amide bonds. The van der Waals surface area contributed by atoms with Crippen LogP contribution in [0.3, 0.4) is 0 Å². The number of hydrogen-bond donors (Lipinski definition) is 0. The van der Waals surface area contributed by atoms with Crippen LogP contribution in [0.4, 0.5) is 13.2 Å². The van der Waals surface area contributed by atoms with Gasteiger partial charge >= 0.3 is 6.18 Å². The van der Waals surface area contributed by atoms with Gasteiger partial charge in [0.25, 0.3) is 5.91 Å². The molecule has 0 saturated heterocycles. The SMILES string of the molecule is CC1Cn2c(nnc2-c2ccc(C(F)(F)F)cc2)CN1C(=O)c1cccc(Cl)c1Cl. The molecule has 1 aliphatic heterocycles. The summed E-state index contributed by atoms with van der Waals surface area (Å²) in [5, 5.41) is 8.76. The molecule has 0 N–H and O–H groups in total. The number of halogens is 5. The monoisotopic (exact) mass is 454 g/mol. The number of fused-ring (bicyclic) bond motifs is 1. The van der Waals surface area contributed by atoms with Gasteiger partial charge in [-0.15, -0.1) is 10.2 Å². The lowest BCUT2D eigenvalue weighted by molar-refractivity contribution is -0.137. The molecule has 2 heterocycles. The van der Waals surface area contributed by atoms with Crippen LogP contribution in [0, 0.1) is 0 Å². The van der Waals surface area contributed by atoms with Crippen molar-refractivity contribution in [1.82, 2.24) is 19.7 Å². The lowest BCUT2D eigenvalue weighted by atomic mass is 10.1. The highest BCUT2D eigenvalue weighted by molar-refractivity contribution is 6.43. The summed E-state index contributed by atoms with van der Waals surface area (Å²) in [6.07, 6.45) is -4.40. The van der Waals surface area contributed by atoms with Crippen LogP contribution in [0.15, 0.2) is 42.5 Å². The lowest BCUT2D eigenvalue weighted by Gasteiger charge is -2.34. The van der Waals surface area contributed by atoms with E-state index in [1.165, 1.54) is 12.1 Å². The number of carbonyl (C=O) groups excluding carboxylic acids is 1. The Balaban J connectivity index is 1.62. The van der Waals surface area contributed by atoms with Crippen molar-refractivity contribution >= 4 is 29.1 Å². The fraction of sp³-hybridized carbons (Fsp3) is 0.250. The number of alkyl halides is 3. The average molecular weight is 455 g/mol. The first-order valence-electron chi connectivity index (χ1n) is 9.01. The number of carbonyl (C=O) groups is 1. The van der Waals surface area contributed by atoms with Crippen LogP contribution < -0.4 is 0 Å². The Morgan fingerprint density at radius 1 is 1.10 bits per heavy atom. The van der Waals surface area contributed by atoms with Crippen LogP contribution in [-0.2, 0) is 19.3 Å². The average Bonchev–Trinajstić information content (AvgIpc) is 3.11. The molecule has 0 radical (unpaired) electrons. The van der Waals surface area contributed by atoms with Gasteiger partial charge in [-0.05, 0) is 31.2 Å². The van der Waals surface area contributed by atoms with Crippen molar-refractivity contribution in [3.8, 4) is 11.4 Å². The van der Waals surface area contributed by atoms with E-state index in [0.717, 1.165) is 12.1 Å². The van der Waals surface area contributed by atoms with E-state index >= 15 is 0 Å². The van der Waals surface area contributed by atoms with E-state index in [1.54, 1.807) is 23.1 Å². The Hall–Kier alpha value is -2.58. The Morgan fingerprint density at radius 2 is 1.80 bits per heavy atom. The Morgan fingerprint density at radius 3 is 2.47 bits per heavy atom. The van der Waals surface area contributed by atoms with Gasteiger partial charge < -0.3 is 9.47 Å². The normalized spacial score (nSPS) is 16.5. The van der Waals surface area contributed by atoms with E-state index in [9.17, 15) is 18.0 Å². The molecule has 30 heavy (non-hydrogen) atoms. The summed E-state index contributed by atoms with van der Waals surface area (Å²) in [6.45, 7) is 2.45. The van der Waals surface area contributed by atoms with Crippen LogP contribution in [0.25, 0.3) is 11.4 Å². The minimum absolute atomic E-state index is 0.189. The standard InChI is InChI=1S/C20H15Cl2F3N4O/c1-11-9-29-16(10-28(11)19(30)14-3-2-4-15(21)17(14)22)26-27-18(29)12-5-7-13(8-6-12)20(23,24)25/h2-8,11H,9-10H2,1H3. The molecule has 5 nitrogen and oxygen atoms in total. The highest BCUT2D eigenvalue weighted by atomic mass is 35.5. The summed E-state index contributed by atoms with van der Waals surface area (Å²) < 4.78 is 40.2. The molecule has 0 aliphatic carbocycles. The van der Waals surface area contributed by atoms with Gasteiger partial charge in [-0.1, -0.05) is 41.4 Å². The second kappa shape index (κ2) is 7.59. The van der Waals surface area contributed by atoms with E-state index in [0.29, 0.717) is 34.3 Å². The molecule has 1 aromatic heterocycles. The summed E-state index contributed by atoms with van der Waals surface area (Å²) in [5.74, 6) is 0.716. The summed E-state index contributed by atoms with van der Waals surface area (Å²) in [6, 6.07) is 9.41. The first-order chi connectivity index (χ1) is 14.2. The minimum Gasteiger partial charge on any atom is -0.327 e. The molecular weight excluding hydrogens is 440 g/mol. The number of amides is 1. The van der Waals surface area contributed by atoms with Crippen LogP contribution in [0.5, 0.6) is 0 Å². The lowest BCUT2D eigenvalue weighted by Crippen LogP contribution is -2.45. The van der Waals surface area contributed by atoms with Crippen LogP contribution >= 0.6 is 23.2 Å². The number of rotatable bonds is 2. The first kappa shape index (κ1) is 20.7. The number of aromatic nitrogens is 3. The topological polar surface area (TPSA) is 51.0 Å². The van der Waals surface area contributed by atoms with Gasteiger partial charge in [0.2, 0.25) is 0 Å². The largest absolute Gasteiger partial charge is 0.416 e. The molecule has 0 spiro atoms. The van der Waals surface area contributed by atoms with Crippen LogP contribution in [0.2, 0.25) is 10.0 Å². The Kier molecular flexibility index (Phi) is 5.23. The third-order valence-corrected chi connectivity index (χ3v) is 5.85. The fourth-order valence-corrected chi connectivity index (χ4v) is 3.81. The molecule has 10 heteroatoms. The van der Waals surface area contributed by atoms with Gasteiger partial charge in [-0.2, -0.15) is 13.2 Å². The summed E-state index contributed by atoms with van der Waals surface area (Å²) in [7, 11) is 0. The Bertz CT molecular complexity index is 1110. The maximum absolute atomic E-state index is 13.0. The van der Waals surface area contributed by atoms with Crippen LogP contribution in [-0.4, -0.2) is 31.6 Å². The molecule has 0 bridgehead atoms. The molecule has 1 aliphatic rings. The van der Waals surface area contributed by atoms with Gasteiger partial charge in [0.1, 0.15) is 0 Å². The Labute approximate surface area is 180 Å². The predicted octanol–water partition coefficient (Wildman–Crippen LogP) is 5.32. The predicted molar refractivity (Wildman–Crippen MR) is 106 cm³/mol. The van der Waals surface area contributed by atoms with Crippen LogP contribution in [0.1, 0.15) is 28.7 Å². The van der Waals surface area contributed by atoms with Crippen molar-refractivity contribution in [3.63, 3.8) is 0 Å². The highest BCUT2D eigenvalue weighted by Crippen LogP contribution is 2.32. The molecule has 1 unspecified atom stereocenters. The smallest absolute Gasteiger partial charge is 0.327 e. The number of nitrogens with zero attached hydrogens (tertiary/aromatic N) is 4. The zero-order valence-corrected chi connectivity index (χ0v) is 17.1. The van der Waals surface area contributed by atoms with Crippen molar-refractivity contribution in [3.05, 3.63) is 69.5 Å². The number of benzene rings is 2. The van der Waals surface area contributed by atoms with E-state index in [2.05, 4.69) is 10.2 Å². The van der Waals surface area contributed by atoms with Crippen molar-refractivity contribution in [2.45, 2.75) is 32.2 Å². The van der Waals surface area contributed by atoms with Gasteiger partial charge in [0, 0.05) is 18.2 Å². The molecule has 0 fully saturated rings. The summed E-state index contributed by atoms with van der Waals surface area (Å²) in [5.41, 5.74) is 0.0896. The third kappa shape index (κ3) is 3.65. The minimum atomic E-state index is -4.40. The number of hydrogen-bond acceptors (Lipinski definition) is 3. The van der Waals surface area contributed by atoms with Gasteiger partial charge in [-0.3, -0.25) is 4.79 Å². The van der Waals surface area contributed by atoms with Gasteiger partial charge in [-0.25, -0.2) is 0 Å². The zero-order chi connectivity index (χ0) is 21.6. The third-order valence-electron chi connectivity index (χ3n) is 5.03. The van der Waals surface area contributed by atoms with E-state index in [-0.39, 0.29) is 23.5 Å². The summed E-state index contributed by atoms with van der Waals surface area (Å²) in [4.78, 5) is 14.6. The van der Waals surface area contributed by atoms with E-state index in [4.69, 9.17) is 23.2 Å². The fourth-order valence-electron chi connectivity index (χ4n) is 3.43. The molecule has 1 atom stereocenters. The second-order valence-corrected chi connectivity index (χ2v) is 7.79. The summed E-state index contributed by atoms with van der Waals surface area (Å²) >= 11 is 12.2. The molecule has 4 rings (SSSR count). The van der Waals surface area contributed by atoms with E-state index < -0.39 is 11.7 Å². The van der Waals surface area contributed by atoms with Gasteiger partial charge in [0.15, 0.2) is 11.6 Å². The highest BCUT2D eigenvalue weighted by Gasteiger charge is 2.33.